The molecule has 0 unspecified atom stereocenters. The maximum absolute atomic E-state index is 4.36. The van der Waals surface area contributed by atoms with Gasteiger partial charge in [0.05, 0.1) is 18.2 Å². The molecule has 3 nitrogen and oxygen atoms in total. The number of hydrogen-bond acceptors (Lipinski definition) is 1. The van der Waals surface area contributed by atoms with Gasteiger partial charge in [0.25, 0.3) is 0 Å². The summed E-state index contributed by atoms with van der Waals surface area (Å²) < 4.78 is 3.30. The number of aromatic amines is 1. The molecular weight excluding hydrogens is 350 g/mol. The third-order valence-corrected chi connectivity index (χ3v) is 4.61. The van der Waals surface area contributed by atoms with E-state index in [1.807, 2.05) is 12.5 Å². The van der Waals surface area contributed by atoms with E-state index in [-0.39, 0.29) is 0 Å². The van der Waals surface area contributed by atoms with Crippen molar-refractivity contribution in [2.75, 3.05) is 0 Å². The van der Waals surface area contributed by atoms with Crippen molar-refractivity contribution in [3.05, 3.63) is 77.3 Å². The van der Waals surface area contributed by atoms with E-state index in [1.165, 1.54) is 16.5 Å². The number of rotatable bonds is 4. The van der Waals surface area contributed by atoms with Crippen LogP contribution in [0.2, 0.25) is 0 Å². The van der Waals surface area contributed by atoms with Gasteiger partial charge in [0.1, 0.15) is 0 Å². The number of benzene rings is 2. The van der Waals surface area contributed by atoms with Gasteiger partial charge in [-0.05, 0) is 30.2 Å². The van der Waals surface area contributed by atoms with Crippen LogP contribution in [0.1, 0.15) is 5.56 Å². The van der Waals surface area contributed by atoms with E-state index in [9.17, 15) is 0 Å². The van der Waals surface area contributed by atoms with Crippen LogP contribution in [-0.4, -0.2) is 14.5 Å². The first-order valence-electron chi connectivity index (χ1n) is 7.62. The summed E-state index contributed by atoms with van der Waals surface area (Å²) in [6, 6.07) is 16.8. The minimum absolute atomic E-state index is 0.917. The summed E-state index contributed by atoms with van der Waals surface area (Å²) in [5.41, 5.74) is 4.81. The average molecular weight is 366 g/mol. The Balaban J connectivity index is 1.67. The van der Waals surface area contributed by atoms with Crippen LogP contribution in [0.25, 0.3) is 22.2 Å². The van der Waals surface area contributed by atoms with Crippen molar-refractivity contribution in [2.45, 2.75) is 13.0 Å². The predicted molar refractivity (Wildman–Crippen MR) is 97.4 cm³/mol. The second-order valence-electron chi connectivity index (χ2n) is 5.60. The van der Waals surface area contributed by atoms with Gasteiger partial charge in [-0.1, -0.05) is 46.3 Å². The van der Waals surface area contributed by atoms with Gasteiger partial charge < -0.3 is 9.55 Å². The number of H-pyrrole nitrogens is 1. The normalized spacial score (nSPS) is 11.2. The van der Waals surface area contributed by atoms with Crippen molar-refractivity contribution in [3.63, 3.8) is 0 Å². The molecule has 0 fully saturated rings. The first kappa shape index (κ1) is 14.3. The number of hydrogen-bond donors (Lipinski definition) is 1. The largest absolute Gasteiger partial charge is 0.360 e. The van der Waals surface area contributed by atoms with Crippen LogP contribution in [0.5, 0.6) is 0 Å². The molecule has 0 bridgehead atoms. The smallest absolute Gasteiger partial charge is 0.0951 e. The van der Waals surface area contributed by atoms with E-state index >= 15 is 0 Å². The lowest BCUT2D eigenvalue weighted by Crippen LogP contribution is -2.01. The molecule has 4 rings (SSSR count). The van der Waals surface area contributed by atoms with Crippen LogP contribution in [0.3, 0.4) is 0 Å². The standard InChI is InChI=1S/C19H16BrN3/c20-15-6-7-18-16(10-15)17(11-22-18)19-12-21-13-23(19)9-8-14-4-2-1-3-5-14/h1-7,10-13,22H,8-9H2. The summed E-state index contributed by atoms with van der Waals surface area (Å²) in [6.45, 7) is 0.917. The van der Waals surface area contributed by atoms with Crippen molar-refractivity contribution in [1.82, 2.24) is 14.5 Å². The summed E-state index contributed by atoms with van der Waals surface area (Å²) in [7, 11) is 0. The third-order valence-electron chi connectivity index (χ3n) is 4.12. The highest BCUT2D eigenvalue weighted by Crippen LogP contribution is 2.30. The average Bonchev–Trinajstić information content (AvgIpc) is 3.19. The van der Waals surface area contributed by atoms with Crippen molar-refractivity contribution >= 4 is 26.8 Å². The summed E-state index contributed by atoms with van der Waals surface area (Å²) in [5, 5.41) is 1.21. The maximum atomic E-state index is 4.36. The lowest BCUT2D eigenvalue weighted by atomic mass is 10.1. The molecule has 2 aromatic heterocycles. The molecule has 0 aliphatic heterocycles. The van der Waals surface area contributed by atoms with E-state index in [0.717, 1.165) is 28.6 Å². The van der Waals surface area contributed by atoms with Crippen LogP contribution in [0.15, 0.2) is 71.7 Å². The van der Waals surface area contributed by atoms with Gasteiger partial charge in [-0.2, -0.15) is 0 Å². The van der Waals surface area contributed by atoms with Crippen LogP contribution in [-0.2, 0) is 13.0 Å². The van der Waals surface area contributed by atoms with Gasteiger partial charge >= 0.3 is 0 Å². The highest BCUT2D eigenvalue weighted by molar-refractivity contribution is 9.10. The number of imidazole rings is 1. The fourth-order valence-electron chi connectivity index (χ4n) is 2.92. The van der Waals surface area contributed by atoms with Crippen LogP contribution in [0, 0.1) is 0 Å². The molecule has 0 saturated carbocycles. The molecule has 114 valence electrons. The van der Waals surface area contributed by atoms with Crippen LogP contribution < -0.4 is 0 Å². The maximum Gasteiger partial charge on any atom is 0.0951 e. The van der Waals surface area contributed by atoms with Crippen molar-refractivity contribution in [1.29, 1.82) is 0 Å². The van der Waals surface area contributed by atoms with Crippen molar-refractivity contribution < 1.29 is 0 Å². The second-order valence-corrected chi connectivity index (χ2v) is 6.52. The molecule has 2 aromatic carbocycles. The molecule has 2 heterocycles. The number of nitrogens with zero attached hydrogens (tertiary/aromatic N) is 2. The summed E-state index contributed by atoms with van der Waals surface area (Å²) in [5.74, 6) is 0. The minimum Gasteiger partial charge on any atom is -0.360 e. The number of halogens is 1. The van der Waals surface area contributed by atoms with Crippen LogP contribution in [0.4, 0.5) is 0 Å². The second kappa shape index (κ2) is 6.05. The molecular formula is C19H16BrN3. The molecule has 0 aliphatic rings. The first-order valence-corrected chi connectivity index (χ1v) is 8.41. The molecule has 0 spiro atoms. The Morgan fingerprint density at radius 1 is 1.09 bits per heavy atom. The number of aryl methyl sites for hydroxylation is 2. The number of nitrogens with one attached hydrogen (secondary N) is 1. The van der Waals surface area contributed by atoms with Gasteiger partial charge in [-0.25, -0.2) is 4.98 Å². The van der Waals surface area contributed by atoms with Crippen molar-refractivity contribution in [2.24, 2.45) is 0 Å². The van der Waals surface area contributed by atoms with Gasteiger partial charge in [0, 0.05) is 33.7 Å². The SMILES string of the molecule is Brc1ccc2[nH]cc(-c3cncn3CCc3ccccc3)c2c1. The highest BCUT2D eigenvalue weighted by Gasteiger charge is 2.11. The predicted octanol–water partition coefficient (Wildman–Crippen LogP) is 5.04. The number of fused-ring (bicyclic) bond motifs is 1. The zero-order valence-electron chi connectivity index (χ0n) is 12.5. The zero-order valence-corrected chi connectivity index (χ0v) is 14.1. The quantitative estimate of drug-likeness (QED) is 0.540. The molecule has 0 atom stereocenters. The van der Waals surface area contributed by atoms with E-state index in [0.29, 0.717) is 0 Å². The van der Waals surface area contributed by atoms with Gasteiger partial charge in [-0.3, -0.25) is 0 Å². The molecule has 1 N–H and O–H groups in total. The number of aromatic nitrogens is 3. The lowest BCUT2D eigenvalue weighted by molar-refractivity contribution is 0.702. The minimum atomic E-state index is 0.917. The Bertz CT molecular complexity index is 938. The molecule has 4 heteroatoms. The Morgan fingerprint density at radius 2 is 1.96 bits per heavy atom. The lowest BCUT2D eigenvalue weighted by Gasteiger charge is -2.08. The van der Waals surface area contributed by atoms with Gasteiger partial charge in [0.15, 0.2) is 0 Å². The van der Waals surface area contributed by atoms with E-state index < -0.39 is 0 Å². The van der Waals surface area contributed by atoms with Gasteiger partial charge in [-0.15, -0.1) is 0 Å². The molecule has 0 aliphatic carbocycles. The van der Waals surface area contributed by atoms with E-state index in [2.05, 4.69) is 85.2 Å². The molecule has 23 heavy (non-hydrogen) atoms. The summed E-state index contributed by atoms with van der Waals surface area (Å²) in [6.07, 6.45) is 6.91. The molecule has 4 aromatic rings. The Morgan fingerprint density at radius 3 is 2.83 bits per heavy atom. The molecule has 0 radical (unpaired) electrons. The fourth-order valence-corrected chi connectivity index (χ4v) is 3.28. The van der Waals surface area contributed by atoms with Gasteiger partial charge in [0.2, 0.25) is 0 Å². The molecule has 0 amide bonds. The van der Waals surface area contributed by atoms with E-state index in [1.54, 1.807) is 0 Å². The fraction of sp³-hybridized carbons (Fsp3) is 0.105. The Hall–Kier alpha value is -2.33. The topological polar surface area (TPSA) is 33.6 Å². The zero-order chi connectivity index (χ0) is 15.6. The van der Waals surface area contributed by atoms with Crippen LogP contribution >= 0.6 is 15.9 Å². The molecule has 0 saturated heterocycles. The van der Waals surface area contributed by atoms with Crippen molar-refractivity contribution in [3.8, 4) is 11.3 Å². The van der Waals surface area contributed by atoms with E-state index in [4.69, 9.17) is 0 Å². The summed E-state index contributed by atoms with van der Waals surface area (Å²) in [4.78, 5) is 7.70. The first-order chi connectivity index (χ1) is 11.3. The third kappa shape index (κ3) is 2.82. The summed E-state index contributed by atoms with van der Waals surface area (Å²) >= 11 is 3.56. The Labute approximate surface area is 143 Å². The monoisotopic (exact) mass is 365 g/mol. The highest BCUT2D eigenvalue weighted by atomic mass is 79.9. The Kier molecular flexibility index (Phi) is 3.75.